The normalized spacial score (nSPS) is 11.4. The second kappa shape index (κ2) is 6.37. The lowest BCUT2D eigenvalue weighted by molar-refractivity contribution is 0.712. The highest BCUT2D eigenvalue weighted by Crippen LogP contribution is 2.31. The zero-order valence-corrected chi connectivity index (χ0v) is 14.2. The Hall–Kier alpha value is -2.42. The molecule has 0 saturated carbocycles. The first-order chi connectivity index (χ1) is 11.1. The van der Waals surface area contributed by atoms with E-state index in [0.717, 1.165) is 22.8 Å². The standard InChI is InChI=1S/C20H23N3/c1-14(2)18-13-22-20(15(3)4)23(18)17-11-8-12-21-19(17)16-9-6-5-7-10-16/h5-15H,1-4H3. The highest BCUT2D eigenvalue weighted by Gasteiger charge is 2.19. The Balaban J connectivity index is 2.26. The number of rotatable bonds is 4. The summed E-state index contributed by atoms with van der Waals surface area (Å²) in [6, 6.07) is 14.5. The van der Waals surface area contributed by atoms with E-state index in [2.05, 4.69) is 72.6 Å². The monoisotopic (exact) mass is 305 g/mol. The van der Waals surface area contributed by atoms with Crippen LogP contribution in [0.4, 0.5) is 0 Å². The lowest BCUT2D eigenvalue weighted by Crippen LogP contribution is -2.09. The average Bonchev–Trinajstić information content (AvgIpc) is 3.01. The van der Waals surface area contributed by atoms with Gasteiger partial charge in [-0.3, -0.25) is 9.55 Å². The van der Waals surface area contributed by atoms with Crippen molar-refractivity contribution >= 4 is 0 Å². The third-order valence-corrected chi connectivity index (χ3v) is 4.00. The summed E-state index contributed by atoms with van der Waals surface area (Å²) >= 11 is 0. The van der Waals surface area contributed by atoms with Crippen molar-refractivity contribution in [2.24, 2.45) is 0 Å². The van der Waals surface area contributed by atoms with Gasteiger partial charge in [-0.1, -0.05) is 58.0 Å². The number of hydrogen-bond acceptors (Lipinski definition) is 2. The van der Waals surface area contributed by atoms with Crippen LogP contribution in [0.25, 0.3) is 16.9 Å². The molecule has 0 spiro atoms. The van der Waals surface area contributed by atoms with E-state index >= 15 is 0 Å². The Morgan fingerprint density at radius 1 is 0.826 bits per heavy atom. The molecule has 2 heterocycles. The molecule has 0 radical (unpaired) electrons. The van der Waals surface area contributed by atoms with Gasteiger partial charge in [0.05, 0.1) is 11.4 Å². The van der Waals surface area contributed by atoms with E-state index in [-0.39, 0.29) is 0 Å². The molecule has 3 rings (SSSR count). The smallest absolute Gasteiger partial charge is 0.116 e. The Morgan fingerprint density at radius 3 is 2.22 bits per heavy atom. The second-order valence-electron chi connectivity index (χ2n) is 6.42. The van der Waals surface area contributed by atoms with Crippen molar-refractivity contribution in [2.45, 2.75) is 39.5 Å². The molecule has 0 fully saturated rings. The van der Waals surface area contributed by atoms with Crippen LogP contribution in [0, 0.1) is 0 Å². The maximum absolute atomic E-state index is 4.68. The van der Waals surface area contributed by atoms with E-state index in [4.69, 9.17) is 0 Å². The molecule has 0 bridgehead atoms. The van der Waals surface area contributed by atoms with E-state index in [0.29, 0.717) is 11.8 Å². The van der Waals surface area contributed by atoms with Gasteiger partial charge in [0.2, 0.25) is 0 Å². The number of imidazole rings is 1. The van der Waals surface area contributed by atoms with Crippen molar-refractivity contribution in [3.63, 3.8) is 0 Å². The Kier molecular flexibility index (Phi) is 4.28. The molecule has 0 aliphatic heterocycles. The van der Waals surface area contributed by atoms with Gasteiger partial charge >= 0.3 is 0 Å². The minimum absolute atomic E-state index is 0.353. The number of benzene rings is 1. The maximum atomic E-state index is 4.68. The number of nitrogens with zero attached hydrogens (tertiary/aromatic N) is 3. The second-order valence-corrected chi connectivity index (χ2v) is 6.42. The molecule has 3 heteroatoms. The summed E-state index contributed by atoms with van der Waals surface area (Å²) in [7, 11) is 0. The molecule has 1 aromatic carbocycles. The molecule has 0 atom stereocenters. The molecule has 0 unspecified atom stereocenters. The zero-order chi connectivity index (χ0) is 16.4. The lowest BCUT2D eigenvalue weighted by Gasteiger charge is -2.18. The fourth-order valence-electron chi connectivity index (χ4n) is 2.85. The number of hydrogen-bond donors (Lipinski definition) is 0. The predicted molar refractivity (Wildman–Crippen MR) is 95.0 cm³/mol. The summed E-state index contributed by atoms with van der Waals surface area (Å²) in [5.41, 5.74) is 4.44. The Bertz CT molecular complexity index is 760. The molecule has 3 aromatic rings. The third-order valence-electron chi connectivity index (χ3n) is 4.00. The summed E-state index contributed by atoms with van der Waals surface area (Å²) in [4.78, 5) is 9.34. The van der Waals surface area contributed by atoms with Gasteiger partial charge in [-0.2, -0.15) is 0 Å². The highest BCUT2D eigenvalue weighted by molar-refractivity contribution is 5.69. The zero-order valence-electron chi connectivity index (χ0n) is 14.2. The minimum atomic E-state index is 0.353. The van der Waals surface area contributed by atoms with Gasteiger partial charge in [0.1, 0.15) is 5.82 Å². The van der Waals surface area contributed by atoms with Crippen molar-refractivity contribution in [3.8, 4) is 16.9 Å². The molecule has 118 valence electrons. The summed E-state index contributed by atoms with van der Waals surface area (Å²) in [5.74, 6) is 1.84. The Morgan fingerprint density at radius 2 is 1.57 bits per heavy atom. The fourth-order valence-corrected chi connectivity index (χ4v) is 2.85. The van der Waals surface area contributed by atoms with Crippen LogP contribution in [-0.2, 0) is 0 Å². The molecule has 0 N–H and O–H groups in total. The first-order valence-corrected chi connectivity index (χ1v) is 8.18. The van der Waals surface area contributed by atoms with Crippen molar-refractivity contribution in [3.05, 3.63) is 66.4 Å². The van der Waals surface area contributed by atoms with Gasteiger partial charge in [-0.05, 0) is 18.1 Å². The van der Waals surface area contributed by atoms with Gasteiger partial charge in [0.25, 0.3) is 0 Å². The molecule has 0 saturated heterocycles. The molecule has 3 nitrogen and oxygen atoms in total. The predicted octanol–water partition coefficient (Wildman–Crippen LogP) is 5.18. The quantitative estimate of drug-likeness (QED) is 0.665. The first kappa shape index (κ1) is 15.5. The Labute approximate surface area is 138 Å². The van der Waals surface area contributed by atoms with Crippen molar-refractivity contribution < 1.29 is 0 Å². The lowest BCUT2D eigenvalue weighted by atomic mass is 10.1. The van der Waals surface area contributed by atoms with Crippen LogP contribution in [0.1, 0.15) is 51.0 Å². The van der Waals surface area contributed by atoms with Crippen LogP contribution in [0.3, 0.4) is 0 Å². The molecular weight excluding hydrogens is 282 g/mol. The van der Waals surface area contributed by atoms with Crippen molar-refractivity contribution in [1.82, 2.24) is 14.5 Å². The van der Waals surface area contributed by atoms with Gasteiger partial charge in [0, 0.05) is 29.6 Å². The minimum Gasteiger partial charge on any atom is -0.298 e. The van der Waals surface area contributed by atoms with E-state index < -0.39 is 0 Å². The van der Waals surface area contributed by atoms with E-state index in [1.54, 1.807) is 0 Å². The molecule has 0 aliphatic rings. The van der Waals surface area contributed by atoms with Gasteiger partial charge in [-0.15, -0.1) is 0 Å². The topological polar surface area (TPSA) is 30.7 Å². The summed E-state index contributed by atoms with van der Waals surface area (Å²) in [6.07, 6.45) is 3.86. The van der Waals surface area contributed by atoms with E-state index in [9.17, 15) is 0 Å². The molecule has 23 heavy (non-hydrogen) atoms. The van der Waals surface area contributed by atoms with Gasteiger partial charge in [0.15, 0.2) is 0 Å². The molecule has 2 aromatic heterocycles. The van der Waals surface area contributed by atoms with Crippen LogP contribution in [0.2, 0.25) is 0 Å². The summed E-state index contributed by atoms with van der Waals surface area (Å²) in [5, 5.41) is 0. The van der Waals surface area contributed by atoms with Crippen LogP contribution in [0.5, 0.6) is 0 Å². The van der Waals surface area contributed by atoms with Gasteiger partial charge in [-0.25, -0.2) is 4.98 Å². The highest BCUT2D eigenvalue weighted by atomic mass is 15.1. The summed E-state index contributed by atoms with van der Waals surface area (Å²) in [6.45, 7) is 8.77. The number of aromatic nitrogens is 3. The van der Waals surface area contributed by atoms with E-state index in [1.165, 1.54) is 5.69 Å². The van der Waals surface area contributed by atoms with Crippen LogP contribution < -0.4 is 0 Å². The van der Waals surface area contributed by atoms with Crippen LogP contribution in [0.15, 0.2) is 54.9 Å². The third kappa shape index (κ3) is 2.91. The largest absolute Gasteiger partial charge is 0.298 e. The van der Waals surface area contributed by atoms with E-state index in [1.807, 2.05) is 24.5 Å². The van der Waals surface area contributed by atoms with Crippen molar-refractivity contribution in [1.29, 1.82) is 0 Å². The number of pyridine rings is 1. The molecular formula is C20H23N3. The summed E-state index contributed by atoms with van der Waals surface area (Å²) < 4.78 is 2.28. The maximum Gasteiger partial charge on any atom is 0.116 e. The SMILES string of the molecule is CC(C)c1cnc(C(C)C)n1-c1cccnc1-c1ccccc1. The fraction of sp³-hybridized carbons (Fsp3) is 0.300. The molecule has 0 amide bonds. The molecule has 0 aliphatic carbocycles. The van der Waals surface area contributed by atoms with Crippen molar-refractivity contribution in [2.75, 3.05) is 0 Å². The van der Waals surface area contributed by atoms with Crippen LogP contribution >= 0.6 is 0 Å². The van der Waals surface area contributed by atoms with Crippen LogP contribution in [-0.4, -0.2) is 14.5 Å². The average molecular weight is 305 g/mol. The van der Waals surface area contributed by atoms with Gasteiger partial charge < -0.3 is 0 Å². The first-order valence-electron chi connectivity index (χ1n) is 8.18.